The van der Waals surface area contributed by atoms with Crippen molar-refractivity contribution < 1.29 is 14.3 Å². The van der Waals surface area contributed by atoms with Crippen molar-refractivity contribution in [3.63, 3.8) is 0 Å². The number of nitrogens with zero attached hydrogens (tertiary/aromatic N) is 3. The van der Waals surface area contributed by atoms with Crippen molar-refractivity contribution in [2.45, 2.75) is 0 Å². The lowest BCUT2D eigenvalue weighted by Gasteiger charge is -2.31. The Labute approximate surface area is 203 Å². The van der Waals surface area contributed by atoms with Crippen LogP contribution in [-0.2, 0) is 0 Å². The van der Waals surface area contributed by atoms with Crippen molar-refractivity contribution in [1.82, 2.24) is 14.2 Å². The van der Waals surface area contributed by atoms with Gasteiger partial charge in [0.1, 0.15) is 5.75 Å². The van der Waals surface area contributed by atoms with Crippen molar-refractivity contribution in [3.8, 4) is 5.75 Å². The molecule has 174 valence electrons. The molecule has 1 aliphatic heterocycles. The highest BCUT2D eigenvalue weighted by atomic mass is 35.5. The highest BCUT2D eigenvalue weighted by Gasteiger charge is 2.24. The molecule has 4 aromatic rings. The van der Waals surface area contributed by atoms with E-state index in [9.17, 15) is 9.59 Å². The van der Waals surface area contributed by atoms with Gasteiger partial charge in [-0.1, -0.05) is 17.7 Å². The number of aromatic nitrogens is 1. The van der Waals surface area contributed by atoms with Crippen molar-refractivity contribution in [1.29, 1.82) is 0 Å². The summed E-state index contributed by atoms with van der Waals surface area (Å²) in [6.07, 6.45) is 0. The minimum absolute atomic E-state index is 0.0186. The van der Waals surface area contributed by atoms with Crippen molar-refractivity contribution in [2.75, 3.05) is 46.9 Å². The first-order chi connectivity index (χ1) is 16.4. The highest BCUT2D eigenvalue weighted by Crippen LogP contribution is 2.29. The fourth-order valence-corrected chi connectivity index (χ4v) is 4.67. The molecule has 0 unspecified atom stereocenters. The zero-order valence-electron chi connectivity index (χ0n) is 19.3. The normalized spacial score (nSPS) is 15.1. The number of hydrogen-bond donors (Lipinski definition) is 0. The summed E-state index contributed by atoms with van der Waals surface area (Å²) in [7, 11) is 3.72. The van der Waals surface area contributed by atoms with Crippen LogP contribution in [0.5, 0.6) is 5.75 Å². The molecule has 1 fully saturated rings. The summed E-state index contributed by atoms with van der Waals surface area (Å²) in [6, 6.07) is 18.2. The van der Waals surface area contributed by atoms with E-state index in [0.29, 0.717) is 28.4 Å². The predicted octanol–water partition coefficient (Wildman–Crippen LogP) is 4.42. The maximum Gasteiger partial charge on any atom is 0.209 e. The SMILES string of the molecule is COc1ccc2c(ccc3c(C(=O)CN4CCN(C)CC4)cc(C(=O)c4ccc(Cl)cc4)n32)c1. The van der Waals surface area contributed by atoms with E-state index in [4.69, 9.17) is 16.3 Å². The first-order valence-corrected chi connectivity index (χ1v) is 11.7. The molecule has 0 aliphatic carbocycles. The number of hydrogen-bond acceptors (Lipinski definition) is 5. The molecule has 0 bridgehead atoms. The molecule has 34 heavy (non-hydrogen) atoms. The third-order valence-electron chi connectivity index (χ3n) is 6.54. The van der Waals surface area contributed by atoms with E-state index < -0.39 is 0 Å². The van der Waals surface area contributed by atoms with E-state index >= 15 is 0 Å². The molecule has 1 saturated heterocycles. The van der Waals surface area contributed by atoms with Gasteiger partial charge in [-0.05, 0) is 61.6 Å². The topological polar surface area (TPSA) is 54.3 Å². The molecule has 0 N–H and O–H groups in total. The predicted molar refractivity (Wildman–Crippen MR) is 135 cm³/mol. The van der Waals surface area contributed by atoms with Crippen LogP contribution >= 0.6 is 11.6 Å². The first kappa shape index (κ1) is 22.6. The second-order valence-corrected chi connectivity index (χ2v) is 9.20. The number of methoxy groups -OCH3 is 1. The van der Waals surface area contributed by atoms with Gasteiger partial charge in [-0.3, -0.25) is 14.5 Å². The Bertz CT molecular complexity index is 1390. The monoisotopic (exact) mass is 475 g/mol. The molecule has 6 nitrogen and oxygen atoms in total. The number of benzene rings is 2. The van der Waals surface area contributed by atoms with Crippen LogP contribution in [0.25, 0.3) is 16.4 Å². The Morgan fingerprint density at radius 1 is 0.912 bits per heavy atom. The van der Waals surface area contributed by atoms with Crippen molar-refractivity contribution in [2.24, 2.45) is 0 Å². The van der Waals surface area contributed by atoms with Gasteiger partial charge in [0, 0.05) is 47.7 Å². The average Bonchev–Trinajstić information content (AvgIpc) is 3.25. The lowest BCUT2D eigenvalue weighted by Crippen LogP contribution is -2.46. The van der Waals surface area contributed by atoms with Crippen molar-refractivity contribution in [3.05, 3.63) is 82.5 Å². The van der Waals surface area contributed by atoms with Crippen LogP contribution in [0.1, 0.15) is 26.4 Å². The molecule has 3 heterocycles. The summed E-state index contributed by atoms with van der Waals surface area (Å²) in [4.78, 5) is 31.5. The summed E-state index contributed by atoms with van der Waals surface area (Å²) in [6.45, 7) is 3.93. The number of halogens is 1. The van der Waals surface area contributed by atoms with Gasteiger partial charge in [0.25, 0.3) is 0 Å². The lowest BCUT2D eigenvalue weighted by molar-refractivity contribution is 0.0878. The van der Waals surface area contributed by atoms with Crippen LogP contribution in [0.4, 0.5) is 0 Å². The third-order valence-corrected chi connectivity index (χ3v) is 6.79. The Hall–Kier alpha value is -3.19. The number of rotatable bonds is 6. The zero-order valence-corrected chi connectivity index (χ0v) is 20.0. The number of fused-ring (bicyclic) bond motifs is 3. The average molecular weight is 476 g/mol. The minimum Gasteiger partial charge on any atom is -0.497 e. The molecule has 1 aliphatic rings. The maximum atomic E-state index is 13.6. The molecule has 0 spiro atoms. The minimum atomic E-state index is -0.159. The fourth-order valence-electron chi connectivity index (χ4n) is 4.55. The molecule has 0 radical (unpaired) electrons. The van der Waals surface area contributed by atoms with Gasteiger partial charge in [0.15, 0.2) is 5.78 Å². The summed E-state index contributed by atoms with van der Waals surface area (Å²) >= 11 is 6.03. The number of carbonyl (C=O) groups is 2. The Kier molecular flexibility index (Phi) is 6.13. The van der Waals surface area contributed by atoms with Crippen LogP contribution < -0.4 is 4.74 Å². The Morgan fingerprint density at radius 3 is 2.32 bits per heavy atom. The quantitative estimate of drug-likeness (QED) is 0.386. The number of ketones is 2. The summed E-state index contributed by atoms with van der Waals surface area (Å²) in [5.74, 6) is 0.592. The van der Waals surface area contributed by atoms with Crippen LogP contribution in [-0.4, -0.2) is 72.6 Å². The van der Waals surface area contributed by atoms with E-state index in [-0.39, 0.29) is 11.6 Å². The van der Waals surface area contributed by atoms with E-state index in [2.05, 4.69) is 16.8 Å². The summed E-state index contributed by atoms with van der Waals surface area (Å²) in [5, 5.41) is 1.49. The fraction of sp³-hybridized carbons (Fsp3) is 0.259. The van der Waals surface area contributed by atoms with Gasteiger partial charge in [0.2, 0.25) is 5.78 Å². The van der Waals surface area contributed by atoms with Crippen LogP contribution in [0.15, 0.2) is 60.7 Å². The molecule has 0 atom stereocenters. The van der Waals surface area contributed by atoms with Gasteiger partial charge in [-0.25, -0.2) is 0 Å². The molecule has 7 heteroatoms. The van der Waals surface area contributed by atoms with Gasteiger partial charge in [-0.2, -0.15) is 0 Å². The molecular weight excluding hydrogens is 450 g/mol. The number of carbonyl (C=O) groups excluding carboxylic acids is 2. The number of pyridine rings is 1. The number of ether oxygens (including phenoxy) is 1. The number of Topliss-reactive ketones (excluding diaryl/α,β-unsaturated/α-hetero) is 1. The third kappa shape index (κ3) is 4.20. The lowest BCUT2D eigenvalue weighted by atomic mass is 10.1. The maximum absolute atomic E-state index is 13.6. The smallest absolute Gasteiger partial charge is 0.209 e. The molecule has 2 aromatic carbocycles. The molecule has 5 rings (SSSR count). The highest BCUT2D eigenvalue weighted by molar-refractivity contribution is 6.30. The van der Waals surface area contributed by atoms with Crippen molar-refractivity contribution >= 4 is 39.6 Å². The van der Waals surface area contributed by atoms with E-state index in [1.165, 1.54) is 0 Å². The second-order valence-electron chi connectivity index (χ2n) is 8.76. The molecule has 0 amide bonds. The van der Waals surface area contributed by atoms with Gasteiger partial charge in [-0.15, -0.1) is 0 Å². The van der Waals surface area contributed by atoms with E-state index in [1.54, 1.807) is 37.4 Å². The molecule has 2 aromatic heterocycles. The Morgan fingerprint density at radius 2 is 1.62 bits per heavy atom. The Balaban J connectivity index is 1.63. The number of likely N-dealkylation sites (N-methyl/N-ethyl adjacent to an activating group) is 1. The van der Waals surface area contributed by atoms with Crippen LogP contribution in [0.3, 0.4) is 0 Å². The molecular formula is C27H26ClN3O3. The summed E-state index contributed by atoms with van der Waals surface area (Å²) in [5.41, 5.74) is 3.11. The van der Waals surface area contributed by atoms with Gasteiger partial charge >= 0.3 is 0 Å². The van der Waals surface area contributed by atoms with E-state index in [0.717, 1.165) is 48.3 Å². The van der Waals surface area contributed by atoms with Crippen LogP contribution in [0.2, 0.25) is 5.02 Å². The van der Waals surface area contributed by atoms with Gasteiger partial charge in [0.05, 0.1) is 30.4 Å². The molecule has 0 saturated carbocycles. The number of piperazine rings is 1. The first-order valence-electron chi connectivity index (χ1n) is 11.3. The van der Waals surface area contributed by atoms with E-state index in [1.807, 2.05) is 34.7 Å². The largest absolute Gasteiger partial charge is 0.497 e. The second kappa shape index (κ2) is 9.22. The standard InChI is InChI=1S/C27H26ClN3O3/c1-29-11-13-30(14-12-29)17-26(32)22-16-25(27(33)18-3-6-20(28)7-4-18)31-23-10-8-21(34-2)15-19(23)5-9-24(22)31/h3-10,15-16H,11-14,17H2,1-2H3. The van der Waals surface area contributed by atoms with Gasteiger partial charge < -0.3 is 14.0 Å². The van der Waals surface area contributed by atoms with Crippen LogP contribution in [0, 0.1) is 0 Å². The summed E-state index contributed by atoms with van der Waals surface area (Å²) < 4.78 is 7.27. The zero-order chi connectivity index (χ0) is 23.8.